The highest BCUT2D eigenvalue weighted by atomic mass is 16.4. The molecular weight excluding hydrogens is 392 g/mol. The van der Waals surface area contributed by atoms with Gasteiger partial charge in [0.15, 0.2) is 0 Å². The quantitative estimate of drug-likeness (QED) is 0.550. The summed E-state index contributed by atoms with van der Waals surface area (Å²) in [7, 11) is 0. The average Bonchev–Trinajstić information content (AvgIpc) is 2.79. The van der Waals surface area contributed by atoms with E-state index in [1.54, 1.807) is 24.3 Å². The number of para-hydroxylation sites is 1. The number of benzene rings is 3. The van der Waals surface area contributed by atoms with Gasteiger partial charge >= 0.3 is 5.97 Å². The molecule has 3 aromatic carbocycles. The summed E-state index contributed by atoms with van der Waals surface area (Å²) >= 11 is 0. The third-order valence-corrected chi connectivity index (χ3v) is 5.89. The van der Waals surface area contributed by atoms with Crippen LogP contribution in [0.5, 0.6) is 0 Å². The Bertz CT molecular complexity index is 1140. The molecule has 1 saturated carbocycles. The largest absolute Gasteiger partial charge is 0.481 e. The van der Waals surface area contributed by atoms with Crippen LogP contribution in [0.4, 0.5) is 11.4 Å². The molecule has 0 saturated heterocycles. The molecule has 0 bridgehead atoms. The molecule has 0 unspecified atom stereocenters. The standard InChI is InChI=1S/C25H24N2O4/c28-23(18-11-3-4-12-19(18)25(30)31)27-22-14-6-5-13-20(22)24(29)26-21-15-7-9-16-8-1-2-10-17(16)21/h1-2,5-10,13-15,18-19H,3-4,11-12H2,(H,26,29)(H,27,28)(H,30,31)/t18-,19+/m0/s1. The van der Waals surface area contributed by atoms with Gasteiger partial charge in [-0.05, 0) is 36.4 Å². The van der Waals surface area contributed by atoms with E-state index in [4.69, 9.17) is 0 Å². The van der Waals surface area contributed by atoms with Crippen molar-refractivity contribution in [1.82, 2.24) is 0 Å². The van der Waals surface area contributed by atoms with Crippen molar-refractivity contribution >= 4 is 39.9 Å². The van der Waals surface area contributed by atoms with Crippen LogP contribution in [-0.2, 0) is 9.59 Å². The van der Waals surface area contributed by atoms with E-state index in [2.05, 4.69) is 10.6 Å². The van der Waals surface area contributed by atoms with Gasteiger partial charge in [0.1, 0.15) is 0 Å². The zero-order valence-corrected chi connectivity index (χ0v) is 17.0. The van der Waals surface area contributed by atoms with E-state index >= 15 is 0 Å². The van der Waals surface area contributed by atoms with Crippen molar-refractivity contribution in [2.75, 3.05) is 10.6 Å². The fraction of sp³-hybridized carbons (Fsp3) is 0.240. The van der Waals surface area contributed by atoms with E-state index < -0.39 is 17.8 Å². The number of carboxylic acids is 1. The molecule has 31 heavy (non-hydrogen) atoms. The Morgan fingerprint density at radius 3 is 2.19 bits per heavy atom. The lowest BCUT2D eigenvalue weighted by Crippen LogP contribution is -2.36. The molecule has 2 amide bonds. The molecule has 3 N–H and O–H groups in total. The summed E-state index contributed by atoms with van der Waals surface area (Å²) in [5.74, 6) is -2.92. The Morgan fingerprint density at radius 2 is 1.39 bits per heavy atom. The maximum Gasteiger partial charge on any atom is 0.307 e. The zero-order chi connectivity index (χ0) is 21.8. The van der Waals surface area contributed by atoms with E-state index in [0.29, 0.717) is 29.8 Å². The minimum Gasteiger partial charge on any atom is -0.481 e. The van der Waals surface area contributed by atoms with Gasteiger partial charge in [0.25, 0.3) is 5.91 Å². The number of carbonyl (C=O) groups is 3. The average molecular weight is 416 g/mol. The predicted molar refractivity (Wildman–Crippen MR) is 120 cm³/mol. The van der Waals surface area contributed by atoms with Crippen molar-refractivity contribution in [3.05, 3.63) is 72.3 Å². The maximum atomic E-state index is 13.1. The van der Waals surface area contributed by atoms with Gasteiger partial charge in [0, 0.05) is 11.1 Å². The molecular formula is C25H24N2O4. The second-order valence-electron chi connectivity index (χ2n) is 7.85. The van der Waals surface area contributed by atoms with Gasteiger partial charge in [-0.15, -0.1) is 0 Å². The van der Waals surface area contributed by atoms with Crippen LogP contribution in [0.1, 0.15) is 36.0 Å². The van der Waals surface area contributed by atoms with Gasteiger partial charge in [0.2, 0.25) is 5.91 Å². The van der Waals surface area contributed by atoms with Crippen LogP contribution in [0.2, 0.25) is 0 Å². The van der Waals surface area contributed by atoms with Gasteiger partial charge in [0.05, 0.1) is 23.1 Å². The first-order chi connectivity index (χ1) is 15.0. The molecule has 0 aliphatic heterocycles. The molecule has 0 heterocycles. The number of carbonyl (C=O) groups excluding carboxylic acids is 2. The summed E-state index contributed by atoms with van der Waals surface area (Å²) < 4.78 is 0. The monoisotopic (exact) mass is 416 g/mol. The first kappa shape index (κ1) is 20.6. The fourth-order valence-electron chi connectivity index (χ4n) is 4.28. The van der Waals surface area contributed by atoms with Gasteiger partial charge in [-0.3, -0.25) is 14.4 Å². The number of hydrogen-bond acceptors (Lipinski definition) is 3. The lowest BCUT2D eigenvalue weighted by atomic mass is 9.78. The van der Waals surface area contributed by atoms with Crippen molar-refractivity contribution in [2.24, 2.45) is 11.8 Å². The smallest absolute Gasteiger partial charge is 0.307 e. The number of aliphatic carboxylic acids is 1. The SMILES string of the molecule is O=C(Nc1cccc2ccccc12)c1ccccc1NC(=O)[C@H]1CCCC[C@H]1C(=O)O. The van der Waals surface area contributed by atoms with Crippen molar-refractivity contribution in [1.29, 1.82) is 0 Å². The fourth-order valence-corrected chi connectivity index (χ4v) is 4.28. The highest BCUT2D eigenvalue weighted by Gasteiger charge is 2.36. The first-order valence-corrected chi connectivity index (χ1v) is 10.5. The van der Waals surface area contributed by atoms with E-state index in [9.17, 15) is 19.5 Å². The van der Waals surface area contributed by atoms with E-state index in [1.165, 1.54) is 0 Å². The Kier molecular flexibility index (Phi) is 5.98. The zero-order valence-electron chi connectivity index (χ0n) is 17.0. The first-order valence-electron chi connectivity index (χ1n) is 10.5. The van der Waals surface area contributed by atoms with Gasteiger partial charge < -0.3 is 15.7 Å². The Hall–Kier alpha value is -3.67. The van der Waals surface area contributed by atoms with E-state index in [1.807, 2.05) is 42.5 Å². The molecule has 158 valence electrons. The van der Waals surface area contributed by atoms with Crippen LogP contribution in [0, 0.1) is 11.8 Å². The molecule has 2 atom stereocenters. The molecule has 4 rings (SSSR count). The molecule has 3 aromatic rings. The van der Waals surface area contributed by atoms with Crippen LogP contribution in [0.3, 0.4) is 0 Å². The van der Waals surface area contributed by atoms with Crippen molar-refractivity contribution in [3.8, 4) is 0 Å². The van der Waals surface area contributed by atoms with Crippen molar-refractivity contribution < 1.29 is 19.5 Å². The van der Waals surface area contributed by atoms with Crippen molar-refractivity contribution in [2.45, 2.75) is 25.7 Å². The highest BCUT2D eigenvalue weighted by molar-refractivity contribution is 6.13. The molecule has 1 fully saturated rings. The van der Waals surface area contributed by atoms with Crippen LogP contribution >= 0.6 is 0 Å². The number of fused-ring (bicyclic) bond motifs is 1. The van der Waals surface area contributed by atoms with Gasteiger partial charge in [-0.2, -0.15) is 0 Å². The number of carboxylic acid groups (broad SMARTS) is 1. The van der Waals surface area contributed by atoms with Crippen molar-refractivity contribution in [3.63, 3.8) is 0 Å². The summed E-state index contributed by atoms with van der Waals surface area (Å²) in [6, 6.07) is 20.2. The number of anilines is 2. The normalized spacial score (nSPS) is 18.3. The minimum absolute atomic E-state index is 0.325. The summed E-state index contributed by atoms with van der Waals surface area (Å²) in [6.07, 6.45) is 2.67. The lowest BCUT2D eigenvalue weighted by molar-refractivity contribution is -0.147. The van der Waals surface area contributed by atoms with Gasteiger partial charge in [-0.1, -0.05) is 61.4 Å². The minimum atomic E-state index is -0.943. The second-order valence-corrected chi connectivity index (χ2v) is 7.85. The van der Waals surface area contributed by atoms with E-state index in [0.717, 1.165) is 23.6 Å². The molecule has 6 nitrogen and oxygen atoms in total. The lowest BCUT2D eigenvalue weighted by Gasteiger charge is -2.27. The molecule has 0 aromatic heterocycles. The third kappa shape index (κ3) is 4.43. The molecule has 0 radical (unpaired) electrons. The summed E-state index contributed by atoms with van der Waals surface area (Å²) in [5, 5.41) is 17.2. The Labute approximate surface area is 180 Å². The molecule has 0 spiro atoms. The number of hydrogen-bond donors (Lipinski definition) is 3. The van der Waals surface area contributed by atoms with Crippen LogP contribution in [-0.4, -0.2) is 22.9 Å². The number of amides is 2. The Morgan fingerprint density at radius 1 is 0.742 bits per heavy atom. The van der Waals surface area contributed by atoms with Crippen LogP contribution < -0.4 is 10.6 Å². The molecule has 1 aliphatic rings. The summed E-state index contributed by atoms with van der Waals surface area (Å²) in [4.78, 5) is 37.5. The van der Waals surface area contributed by atoms with Crippen LogP contribution in [0.15, 0.2) is 66.7 Å². The summed E-state index contributed by atoms with van der Waals surface area (Å²) in [6.45, 7) is 0. The Balaban J connectivity index is 1.56. The molecule has 1 aliphatic carbocycles. The predicted octanol–water partition coefficient (Wildman–Crippen LogP) is 4.92. The second kappa shape index (κ2) is 9.00. The maximum absolute atomic E-state index is 13.1. The third-order valence-electron chi connectivity index (χ3n) is 5.89. The number of rotatable bonds is 5. The van der Waals surface area contributed by atoms with Gasteiger partial charge in [-0.25, -0.2) is 0 Å². The van der Waals surface area contributed by atoms with E-state index in [-0.39, 0.29) is 11.8 Å². The summed E-state index contributed by atoms with van der Waals surface area (Å²) in [5.41, 5.74) is 1.38. The number of nitrogens with one attached hydrogen (secondary N) is 2. The molecule has 6 heteroatoms. The topological polar surface area (TPSA) is 95.5 Å². The highest BCUT2D eigenvalue weighted by Crippen LogP contribution is 2.32. The van der Waals surface area contributed by atoms with Crippen LogP contribution in [0.25, 0.3) is 10.8 Å².